The summed E-state index contributed by atoms with van der Waals surface area (Å²) in [5.74, 6) is -1.79. The number of aliphatic carboxylic acids is 1. The molecular weight excluding hydrogens is 337 g/mol. The molecule has 11 heteroatoms. The zero-order valence-electron chi connectivity index (χ0n) is 13.7. The minimum atomic E-state index is -3.72. The monoisotopic (exact) mass is 363 g/mol. The van der Waals surface area contributed by atoms with E-state index in [1.54, 1.807) is 0 Å². The summed E-state index contributed by atoms with van der Waals surface area (Å²) >= 11 is 0. The lowest BCUT2D eigenvalue weighted by atomic mass is 9.78. The van der Waals surface area contributed by atoms with Crippen molar-refractivity contribution in [3.05, 3.63) is 0 Å². The van der Waals surface area contributed by atoms with E-state index in [9.17, 15) is 18.3 Å². The van der Waals surface area contributed by atoms with Crippen LogP contribution >= 0.6 is 0 Å². The van der Waals surface area contributed by atoms with Gasteiger partial charge in [-0.25, -0.2) is 0 Å². The van der Waals surface area contributed by atoms with Crippen molar-refractivity contribution in [3.63, 3.8) is 0 Å². The molecule has 2 aliphatic heterocycles. The molecule has 0 aliphatic carbocycles. The molecule has 0 spiro atoms. The van der Waals surface area contributed by atoms with Gasteiger partial charge in [-0.2, -0.15) is 17.0 Å². The Morgan fingerprint density at radius 3 is 2.38 bits per heavy atom. The van der Waals surface area contributed by atoms with Crippen LogP contribution in [0.2, 0.25) is 6.32 Å². The molecule has 0 amide bonds. The van der Waals surface area contributed by atoms with E-state index in [-0.39, 0.29) is 19.4 Å². The van der Waals surface area contributed by atoms with Crippen LogP contribution in [0.3, 0.4) is 0 Å². The SMILES string of the molecule is N[C@@]1(C(=O)O)CN(S(=O)(=O)N2CCCCC2)C[C@@H]1CCCB(O)O. The number of carbonyl (C=O) groups is 1. The molecule has 2 aliphatic rings. The van der Waals surface area contributed by atoms with Gasteiger partial charge in [-0.15, -0.1) is 0 Å². The van der Waals surface area contributed by atoms with Gasteiger partial charge in [0, 0.05) is 32.1 Å². The molecule has 0 aromatic rings. The summed E-state index contributed by atoms with van der Waals surface area (Å²) in [4.78, 5) is 11.6. The minimum absolute atomic E-state index is 0.0448. The van der Waals surface area contributed by atoms with Gasteiger partial charge in [-0.05, 0) is 25.6 Å². The van der Waals surface area contributed by atoms with E-state index < -0.39 is 34.8 Å². The summed E-state index contributed by atoms with van der Waals surface area (Å²) < 4.78 is 28.1. The molecule has 0 aromatic carbocycles. The Hall–Kier alpha value is -0.715. The Bertz CT molecular complexity index is 554. The second-order valence-electron chi connectivity index (χ2n) is 6.71. The number of carboxylic acid groups (broad SMARTS) is 1. The number of rotatable bonds is 7. The fraction of sp³-hybridized carbons (Fsp3) is 0.923. The zero-order chi connectivity index (χ0) is 18.0. The van der Waals surface area contributed by atoms with Crippen LogP contribution in [0.1, 0.15) is 32.1 Å². The Morgan fingerprint density at radius 1 is 1.21 bits per heavy atom. The van der Waals surface area contributed by atoms with Crippen LogP contribution in [0, 0.1) is 5.92 Å². The maximum Gasteiger partial charge on any atom is 0.451 e. The first kappa shape index (κ1) is 19.6. The van der Waals surface area contributed by atoms with Gasteiger partial charge in [0.05, 0.1) is 0 Å². The number of hydrogen-bond donors (Lipinski definition) is 4. The average molecular weight is 363 g/mol. The highest BCUT2D eigenvalue weighted by atomic mass is 32.2. The molecule has 2 atom stereocenters. The molecule has 0 unspecified atom stereocenters. The van der Waals surface area contributed by atoms with Crippen molar-refractivity contribution in [1.29, 1.82) is 0 Å². The van der Waals surface area contributed by atoms with Gasteiger partial charge >= 0.3 is 13.1 Å². The highest BCUT2D eigenvalue weighted by molar-refractivity contribution is 7.86. The van der Waals surface area contributed by atoms with Crippen molar-refractivity contribution in [2.45, 2.75) is 44.0 Å². The number of piperidine rings is 1. The molecule has 0 saturated carbocycles. The lowest BCUT2D eigenvalue weighted by Crippen LogP contribution is -2.55. The van der Waals surface area contributed by atoms with Crippen LogP contribution in [0.15, 0.2) is 0 Å². The third kappa shape index (κ3) is 4.09. The van der Waals surface area contributed by atoms with Crippen LogP contribution in [-0.4, -0.2) is 77.0 Å². The third-order valence-electron chi connectivity index (χ3n) is 4.97. The molecule has 0 aromatic heterocycles. The molecule has 0 bridgehead atoms. The largest absolute Gasteiger partial charge is 0.480 e. The van der Waals surface area contributed by atoms with Crippen molar-refractivity contribution < 1.29 is 28.4 Å². The van der Waals surface area contributed by atoms with Gasteiger partial charge in [0.15, 0.2) is 0 Å². The van der Waals surface area contributed by atoms with Gasteiger partial charge in [0.25, 0.3) is 10.2 Å². The summed E-state index contributed by atoms with van der Waals surface area (Å²) in [7, 11) is -5.18. The summed E-state index contributed by atoms with van der Waals surface area (Å²) in [6, 6.07) is 0. The van der Waals surface area contributed by atoms with Crippen LogP contribution in [0.4, 0.5) is 0 Å². The van der Waals surface area contributed by atoms with Crippen molar-refractivity contribution in [2.75, 3.05) is 26.2 Å². The molecule has 24 heavy (non-hydrogen) atoms. The first-order valence-electron chi connectivity index (χ1n) is 8.31. The van der Waals surface area contributed by atoms with Gasteiger partial charge < -0.3 is 20.9 Å². The predicted octanol–water partition coefficient (Wildman–Crippen LogP) is -1.32. The maximum atomic E-state index is 12.7. The third-order valence-corrected chi connectivity index (χ3v) is 6.92. The van der Waals surface area contributed by atoms with Gasteiger partial charge in [-0.3, -0.25) is 4.79 Å². The Kier molecular flexibility index (Phi) is 6.26. The molecule has 5 N–H and O–H groups in total. The highest BCUT2D eigenvalue weighted by Gasteiger charge is 2.53. The molecule has 9 nitrogen and oxygen atoms in total. The molecule has 2 fully saturated rings. The Morgan fingerprint density at radius 2 is 1.83 bits per heavy atom. The summed E-state index contributed by atoms with van der Waals surface area (Å²) in [6.07, 6.45) is 3.40. The summed E-state index contributed by atoms with van der Waals surface area (Å²) in [5.41, 5.74) is 4.38. The van der Waals surface area contributed by atoms with Crippen LogP contribution in [-0.2, 0) is 15.0 Å². The number of carboxylic acids is 1. The molecule has 2 heterocycles. The molecule has 0 radical (unpaired) electrons. The van der Waals surface area contributed by atoms with Crippen LogP contribution in [0.25, 0.3) is 0 Å². The van der Waals surface area contributed by atoms with Gasteiger partial charge in [-0.1, -0.05) is 12.8 Å². The molecule has 2 saturated heterocycles. The van der Waals surface area contributed by atoms with Crippen molar-refractivity contribution in [1.82, 2.24) is 8.61 Å². The van der Waals surface area contributed by atoms with E-state index in [0.29, 0.717) is 25.9 Å². The number of nitrogens with two attached hydrogens (primary N) is 1. The molecule has 2 rings (SSSR count). The lowest BCUT2D eigenvalue weighted by molar-refractivity contribution is -0.144. The summed E-state index contributed by atoms with van der Waals surface area (Å²) in [6.45, 7) is 0.687. The first-order chi connectivity index (χ1) is 11.2. The highest BCUT2D eigenvalue weighted by Crippen LogP contribution is 2.33. The van der Waals surface area contributed by atoms with E-state index in [4.69, 9.17) is 15.8 Å². The summed E-state index contributed by atoms with van der Waals surface area (Å²) in [5, 5.41) is 27.3. The maximum absolute atomic E-state index is 12.7. The fourth-order valence-corrected chi connectivity index (χ4v) is 5.26. The lowest BCUT2D eigenvalue weighted by Gasteiger charge is -2.30. The average Bonchev–Trinajstić information content (AvgIpc) is 2.87. The van der Waals surface area contributed by atoms with Crippen molar-refractivity contribution >= 4 is 23.3 Å². The number of nitrogens with zero attached hydrogens (tertiary/aromatic N) is 2. The van der Waals surface area contributed by atoms with E-state index in [1.165, 1.54) is 8.61 Å². The first-order valence-corrected chi connectivity index (χ1v) is 9.71. The smallest absolute Gasteiger partial charge is 0.451 e. The minimum Gasteiger partial charge on any atom is -0.480 e. The van der Waals surface area contributed by atoms with E-state index in [1.807, 2.05) is 0 Å². The number of hydrogen-bond acceptors (Lipinski definition) is 6. The van der Waals surface area contributed by atoms with E-state index in [2.05, 4.69) is 0 Å². The van der Waals surface area contributed by atoms with Gasteiger partial charge in [0.1, 0.15) is 5.54 Å². The Balaban J connectivity index is 2.11. The van der Waals surface area contributed by atoms with E-state index >= 15 is 0 Å². The van der Waals surface area contributed by atoms with E-state index in [0.717, 1.165) is 19.3 Å². The normalized spacial score (nSPS) is 29.7. The standard InChI is InChI=1S/C13H26BN3O6S/c15-13(12(18)19)10-17(9-11(13)5-4-6-14(20)21)24(22,23)16-7-2-1-3-8-16/h11,20-21H,1-10,15H2,(H,18,19)/t11-,13-/m0/s1. The predicted molar refractivity (Wildman–Crippen MR) is 88.2 cm³/mol. The second kappa shape index (κ2) is 7.67. The topological polar surface area (TPSA) is 144 Å². The van der Waals surface area contributed by atoms with Gasteiger partial charge in [0.2, 0.25) is 0 Å². The second-order valence-corrected chi connectivity index (χ2v) is 8.64. The molecule has 138 valence electrons. The zero-order valence-corrected chi connectivity index (χ0v) is 14.5. The van der Waals surface area contributed by atoms with Crippen LogP contribution < -0.4 is 5.73 Å². The fourth-order valence-electron chi connectivity index (χ4n) is 3.47. The van der Waals surface area contributed by atoms with Crippen molar-refractivity contribution in [2.24, 2.45) is 11.7 Å². The van der Waals surface area contributed by atoms with Crippen LogP contribution in [0.5, 0.6) is 0 Å². The Labute approximate surface area is 142 Å². The van der Waals surface area contributed by atoms with Crippen molar-refractivity contribution in [3.8, 4) is 0 Å². The quantitative estimate of drug-likeness (QED) is 0.411. The molecular formula is C13H26BN3O6S.